The second-order valence-corrected chi connectivity index (χ2v) is 8.46. The van der Waals surface area contributed by atoms with Crippen molar-refractivity contribution in [3.63, 3.8) is 0 Å². The van der Waals surface area contributed by atoms with Crippen LogP contribution >= 0.6 is 0 Å². The summed E-state index contributed by atoms with van der Waals surface area (Å²) >= 11 is 0. The quantitative estimate of drug-likeness (QED) is 0.777. The summed E-state index contributed by atoms with van der Waals surface area (Å²) in [5.41, 5.74) is 2.58. The molecule has 0 bridgehead atoms. The zero-order valence-electron chi connectivity index (χ0n) is 17.6. The van der Waals surface area contributed by atoms with E-state index in [2.05, 4.69) is 20.7 Å². The standard InChI is InChI=1S/C21H28F2N6O/c1-13-10-14(2)29(27-13)19-12-16(24-17-6-9-28(3)20(17)30)11-18(26-19)25-15-4-7-21(22,23)8-5-15/h10-12,15,17H,4-9H2,1-3H3,(H2,24,25,26)/t17-/m0/s1. The molecule has 3 heterocycles. The Morgan fingerprint density at radius 2 is 1.83 bits per heavy atom. The van der Waals surface area contributed by atoms with Gasteiger partial charge in [0, 0.05) is 56.0 Å². The first-order valence-corrected chi connectivity index (χ1v) is 10.4. The summed E-state index contributed by atoms with van der Waals surface area (Å²) in [5, 5.41) is 11.1. The number of aromatic nitrogens is 3. The maximum atomic E-state index is 13.5. The van der Waals surface area contributed by atoms with Gasteiger partial charge in [0.15, 0.2) is 5.82 Å². The van der Waals surface area contributed by atoms with Crippen molar-refractivity contribution < 1.29 is 13.6 Å². The van der Waals surface area contributed by atoms with Crippen LogP contribution in [0.25, 0.3) is 5.82 Å². The van der Waals surface area contributed by atoms with Gasteiger partial charge in [-0.25, -0.2) is 18.4 Å². The van der Waals surface area contributed by atoms with Gasteiger partial charge in [0.05, 0.1) is 5.69 Å². The summed E-state index contributed by atoms with van der Waals surface area (Å²) in [7, 11) is 1.80. The number of hydrogen-bond donors (Lipinski definition) is 2. The zero-order chi connectivity index (χ0) is 21.5. The minimum atomic E-state index is -2.57. The molecule has 1 saturated carbocycles. The lowest BCUT2D eigenvalue weighted by atomic mass is 9.92. The van der Waals surface area contributed by atoms with Crippen LogP contribution in [-0.4, -0.2) is 57.2 Å². The molecule has 30 heavy (non-hydrogen) atoms. The van der Waals surface area contributed by atoms with Gasteiger partial charge >= 0.3 is 0 Å². The molecular weight excluding hydrogens is 390 g/mol. The normalized spacial score (nSPS) is 21.8. The number of alkyl halides is 2. The van der Waals surface area contributed by atoms with Crippen LogP contribution in [0, 0.1) is 13.8 Å². The van der Waals surface area contributed by atoms with E-state index in [1.165, 1.54) is 0 Å². The summed E-state index contributed by atoms with van der Waals surface area (Å²) in [6.45, 7) is 4.58. The highest BCUT2D eigenvalue weighted by atomic mass is 19.3. The third kappa shape index (κ3) is 4.39. The number of anilines is 2. The van der Waals surface area contributed by atoms with E-state index in [0.29, 0.717) is 31.0 Å². The van der Waals surface area contributed by atoms with Crippen molar-refractivity contribution in [2.24, 2.45) is 0 Å². The number of nitrogens with one attached hydrogen (secondary N) is 2. The van der Waals surface area contributed by atoms with Crippen molar-refractivity contribution in [1.29, 1.82) is 0 Å². The number of nitrogens with zero attached hydrogens (tertiary/aromatic N) is 4. The third-order valence-electron chi connectivity index (χ3n) is 5.88. The second kappa shape index (κ2) is 7.85. The molecule has 0 radical (unpaired) electrons. The number of likely N-dealkylation sites (N-methyl/N-ethyl adjacent to an activating group) is 1. The van der Waals surface area contributed by atoms with Crippen LogP contribution in [0.1, 0.15) is 43.5 Å². The van der Waals surface area contributed by atoms with Crippen LogP contribution in [0.15, 0.2) is 18.2 Å². The van der Waals surface area contributed by atoms with E-state index in [-0.39, 0.29) is 30.8 Å². The fraction of sp³-hybridized carbons (Fsp3) is 0.571. The molecular formula is C21H28F2N6O. The molecule has 162 valence electrons. The topological polar surface area (TPSA) is 75.1 Å². The van der Waals surface area contributed by atoms with Gasteiger partial charge in [0.2, 0.25) is 11.8 Å². The number of carbonyl (C=O) groups is 1. The molecule has 2 aliphatic rings. The fourth-order valence-corrected chi connectivity index (χ4v) is 4.19. The van der Waals surface area contributed by atoms with Gasteiger partial charge in [-0.15, -0.1) is 0 Å². The van der Waals surface area contributed by atoms with Crippen molar-refractivity contribution in [3.05, 3.63) is 29.6 Å². The molecule has 4 rings (SSSR count). The van der Waals surface area contributed by atoms with Crippen LogP contribution in [0.2, 0.25) is 0 Å². The van der Waals surface area contributed by atoms with Gasteiger partial charge in [-0.3, -0.25) is 4.79 Å². The Morgan fingerprint density at radius 1 is 1.10 bits per heavy atom. The van der Waals surface area contributed by atoms with Gasteiger partial charge < -0.3 is 15.5 Å². The van der Waals surface area contributed by atoms with E-state index in [0.717, 1.165) is 23.5 Å². The fourth-order valence-electron chi connectivity index (χ4n) is 4.19. The molecule has 1 aliphatic heterocycles. The van der Waals surface area contributed by atoms with Crippen molar-refractivity contribution in [2.45, 2.75) is 64.0 Å². The maximum absolute atomic E-state index is 13.5. The van der Waals surface area contributed by atoms with E-state index >= 15 is 0 Å². The summed E-state index contributed by atoms with van der Waals surface area (Å²) in [4.78, 5) is 18.7. The molecule has 1 atom stereocenters. The van der Waals surface area contributed by atoms with Gasteiger partial charge in [-0.05, 0) is 39.2 Å². The largest absolute Gasteiger partial charge is 0.373 e. The molecule has 2 fully saturated rings. The van der Waals surface area contributed by atoms with Gasteiger partial charge in [-0.1, -0.05) is 0 Å². The number of aryl methyl sites for hydroxylation is 2. The lowest BCUT2D eigenvalue weighted by Crippen LogP contribution is -2.32. The number of rotatable bonds is 5. The van der Waals surface area contributed by atoms with Crippen LogP contribution in [0.4, 0.5) is 20.3 Å². The van der Waals surface area contributed by atoms with Crippen molar-refractivity contribution >= 4 is 17.4 Å². The highest BCUT2D eigenvalue weighted by molar-refractivity contribution is 5.86. The summed E-state index contributed by atoms with van der Waals surface area (Å²) in [5.74, 6) is -1.30. The van der Waals surface area contributed by atoms with Crippen LogP contribution < -0.4 is 10.6 Å². The van der Waals surface area contributed by atoms with Crippen LogP contribution in [0.3, 0.4) is 0 Å². The lowest BCUT2D eigenvalue weighted by molar-refractivity contribution is -0.127. The number of likely N-dealkylation sites (tertiary alicyclic amines) is 1. The van der Waals surface area contributed by atoms with Gasteiger partial charge in [0.1, 0.15) is 11.9 Å². The first kappa shape index (κ1) is 20.6. The van der Waals surface area contributed by atoms with E-state index in [1.807, 2.05) is 32.0 Å². The number of amides is 1. The maximum Gasteiger partial charge on any atom is 0.248 e. The Bertz CT molecular complexity index is 934. The zero-order valence-corrected chi connectivity index (χ0v) is 17.6. The Labute approximate surface area is 174 Å². The average molecular weight is 418 g/mol. The number of pyridine rings is 1. The molecule has 0 spiro atoms. The molecule has 2 aromatic heterocycles. The van der Waals surface area contributed by atoms with Gasteiger partial charge in [0.25, 0.3) is 0 Å². The Morgan fingerprint density at radius 3 is 2.43 bits per heavy atom. The van der Waals surface area contributed by atoms with E-state index < -0.39 is 5.92 Å². The molecule has 1 amide bonds. The van der Waals surface area contributed by atoms with E-state index in [4.69, 9.17) is 0 Å². The van der Waals surface area contributed by atoms with Gasteiger partial charge in [-0.2, -0.15) is 5.10 Å². The van der Waals surface area contributed by atoms with Crippen LogP contribution in [-0.2, 0) is 4.79 Å². The molecule has 1 saturated heterocycles. The Kier molecular flexibility index (Phi) is 5.38. The smallest absolute Gasteiger partial charge is 0.248 e. The first-order chi connectivity index (χ1) is 14.2. The molecule has 7 nitrogen and oxygen atoms in total. The monoisotopic (exact) mass is 418 g/mol. The Hall–Kier alpha value is -2.71. The average Bonchev–Trinajstić information content (AvgIpc) is 3.19. The summed E-state index contributed by atoms with van der Waals surface area (Å²) in [6.07, 6.45) is 1.29. The Balaban J connectivity index is 1.61. The summed E-state index contributed by atoms with van der Waals surface area (Å²) in [6, 6.07) is 5.33. The summed E-state index contributed by atoms with van der Waals surface area (Å²) < 4.78 is 28.8. The predicted molar refractivity (Wildman–Crippen MR) is 111 cm³/mol. The SMILES string of the molecule is Cc1cc(C)n(-c2cc(N[C@H]3CCN(C)C3=O)cc(NC3CCC(F)(F)CC3)n2)n1. The van der Waals surface area contributed by atoms with Crippen LogP contribution in [0.5, 0.6) is 0 Å². The van der Waals surface area contributed by atoms with Crippen molar-refractivity contribution in [1.82, 2.24) is 19.7 Å². The lowest BCUT2D eigenvalue weighted by Gasteiger charge is -2.29. The number of halogens is 2. The van der Waals surface area contributed by atoms with Crippen molar-refractivity contribution in [3.8, 4) is 5.82 Å². The predicted octanol–water partition coefficient (Wildman–Crippen LogP) is 3.52. The van der Waals surface area contributed by atoms with E-state index in [1.54, 1.807) is 16.6 Å². The number of carbonyl (C=O) groups excluding carboxylic acids is 1. The molecule has 2 aromatic rings. The molecule has 0 unspecified atom stereocenters. The molecule has 0 aromatic carbocycles. The highest BCUT2D eigenvalue weighted by Crippen LogP contribution is 2.34. The number of hydrogen-bond acceptors (Lipinski definition) is 5. The second-order valence-electron chi connectivity index (χ2n) is 8.46. The minimum absolute atomic E-state index is 0.0556. The molecule has 2 N–H and O–H groups in total. The minimum Gasteiger partial charge on any atom is -0.373 e. The molecule has 9 heteroatoms. The van der Waals surface area contributed by atoms with Crippen molar-refractivity contribution in [2.75, 3.05) is 24.2 Å². The first-order valence-electron chi connectivity index (χ1n) is 10.4. The highest BCUT2D eigenvalue weighted by Gasteiger charge is 2.35. The molecule has 1 aliphatic carbocycles. The van der Waals surface area contributed by atoms with E-state index in [9.17, 15) is 13.6 Å². The third-order valence-corrected chi connectivity index (χ3v) is 5.88.